The van der Waals surface area contributed by atoms with Gasteiger partial charge in [0.05, 0.1) is 4.88 Å². The summed E-state index contributed by atoms with van der Waals surface area (Å²) in [6.45, 7) is 4.32. The van der Waals surface area contributed by atoms with Crippen molar-refractivity contribution < 1.29 is 4.79 Å². The normalized spacial score (nSPS) is 10.4. The minimum Gasteiger partial charge on any atom is -0.297 e. The number of carbonyl (C=O) groups is 1. The monoisotopic (exact) mass is 210 g/mol. The number of rotatable bonds is 6. The van der Waals surface area contributed by atoms with Crippen LogP contribution in [0.3, 0.4) is 0 Å². The van der Waals surface area contributed by atoms with Crippen LogP contribution in [0.1, 0.15) is 52.7 Å². The predicted molar refractivity (Wildman–Crippen MR) is 62.3 cm³/mol. The van der Waals surface area contributed by atoms with Crippen LogP contribution in [0, 0.1) is 6.92 Å². The van der Waals surface area contributed by atoms with Gasteiger partial charge < -0.3 is 0 Å². The SMILES string of the molecule is CCCCCCc1sc(C=O)cc1C. The summed E-state index contributed by atoms with van der Waals surface area (Å²) in [6.07, 6.45) is 7.27. The minimum atomic E-state index is 0.869. The molecule has 0 aliphatic carbocycles. The van der Waals surface area contributed by atoms with Crippen LogP contribution in [0.15, 0.2) is 6.07 Å². The second-order valence-corrected chi connectivity index (χ2v) is 4.85. The molecule has 0 aliphatic rings. The minimum absolute atomic E-state index is 0.869. The number of aldehydes is 1. The maximum absolute atomic E-state index is 10.6. The lowest BCUT2D eigenvalue weighted by Gasteiger charge is -1.98. The highest BCUT2D eigenvalue weighted by Crippen LogP contribution is 2.22. The van der Waals surface area contributed by atoms with E-state index in [0.29, 0.717) is 0 Å². The van der Waals surface area contributed by atoms with Gasteiger partial charge in [-0.1, -0.05) is 26.2 Å². The summed E-state index contributed by atoms with van der Waals surface area (Å²) >= 11 is 1.65. The molecule has 0 amide bonds. The zero-order valence-corrected chi connectivity index (χ0v) is 9.82. The van der Waals surface area contributed by atoms with Crippen LogP contribution in [0.4, 0.5) is 0 Å². The van der Waals surface area contributed by atoms with E-state index in [0.717, 1.165) is 17.6 Å². The molecule has 0 radical (unpaired) electrons. The molecule has 1 aromatic heterocycles. The maximum Gasteiger partial charge on any atom is 0.160 e. The average molecular weight is 210 g/mol. The molecule has 78 valence electrons. The summed E-state index contributed by atoms with van der Waals surface area (Å²) in [5, 5.41) is 0. The van der Waals surface area contributed by atoms with Crippen molar-refractivity contribution in [2.75, 3.05) is 0 Å². The molecule has 0 saturated carbocycles. The zero-order valence-electron chi connectivity index (χ0n) is 9.01. The number of thiophene rings is 1. The fourth-order valence-corrected chi connectivity index (χ4v) is 2.60. The summed E-state index contributed by atoms with van der Waals surface area (Å²) in [4.78, 5) is 12.8. The molecular weight excluding hydrogens is 192 g/mol. The molecule has 1 aromatic rings. The van der Waals surface area contributed by atoms with Crippen LogP contribution in [0.2, 0.25) is 0 Å². The zero-order chi connectivity index (χ0) is 10.4. The van der Waals surface area contributed by atoms with Crippen LogP contribution in [-0.4, -0.2) is 6.29 Å². The Hall–Kier alpha value is -0.630. The highest BCUT2D eigenvalue weighted by molar-refractivity contribution is 7.13. The van der Waals surface area contributed by atoms with Crippen molar-refractivity contribution in [3.8, 4) is 0 Å². The number of hydrogen-bond acceptors (Lipinski definition) is 2. The first kappa shape index (κ1) is 11.4. The first-order valence-electron chi connectivity index (χ1n) is 5.32. The molecule has 0 aromatic carbocycles. The molecule has 0 unspecified atom stereocenters. The molecule has 0 atom stereocenters. The summed E-state index contributed by atoms with van der Waals surface area (Å²) in [5.41, 5.74) is 1.29. The van der Waals surface area contributed by atoms with E-state index in [1.807, 2.05) is 6.07 Å². The van der Waals surface area contributed by atoms with Gasteiger partial charge in [0, 0.05) is 4.88 Å². The van der Waals surface area contributed by atoms with Gasteiger partial charge in [0.25, 0.3) is 0 Å². The van der Waals surface area contributed by atoms with Crippen molar-refractivity contribution >= 4 is 17.6 Å². The van der Waals surface area contributed by atoms with Crippen molar-refractivity contribution in [2.45, 2.75) is 46.0 Å². The maximum atomic E-state index is 10.6. The van der Waals surface area contributed by atoms with Crippen molar-refractivity contribution in [3.63, 3.8) is 0 Å². The lowest BCUT2D eigenvalue weighted by molar-refractivity contribution is 0.112. The van der Waals surface area contributed by atoms with Gasteiger partial charge >= 0.3 is 0 Å². The van der Waals surface area contributed by atoms with E-state index in [4.69, 9.17) is 0 Å². The van der Waals surface area contributed by atoms with E-state index in [9.17, 15) is 4.79 Å². The van der Waals surface area contributed by atoms with Crippen LogP contribution < -0.4 is 0 Å². The highest BCUT2D eigenvalue weighted by Gasteiger charge is 2.04. The molecule has 0 fully saturated rings. The Bertz CT molecular complexity index is 289. The molecule has 0 spiro atoms. The Morgan fingerprint density at radius 3 is 2.71 bits per heavy atom. The number of hydrogen-bond donors (Lipinski definition) is 0. The van der Waals surface area contributed by atoms with E-state index in [1.165, 1.54) is 36.1 Å². The number of unbranched alkanes of at least 4 members (excludes halogenated alkanes) is 3. The van der Waals surface area contributed by atoms with E-state index >= 15 is 0 Å². The average Bonchev–Trinajstić information content (AvgIpc) is 2.54. The highest BCUT2D eigenvalue weighted by atomic mass is 32.1. The lowest BCUT2D eigenvalue weighted by atomic mass is 10.1. The summed E-state index contributed by atoms with van der Waals surface area (Å²) in [6, 6.07) is 1.99. The molecular formula is C12H18OS. The summed E-state index contributed by atoms with van der Waals surface area (Å²) < 4.78 is 0. The van der Waals surface area contributed by atoms with Crippen LogP contribution in [0.5, 0.6) is 0 Å². The molecule has 0 aliphatic heterocycles. The summed E-state index contributed by atoms with van der Waals surface area (Å²) in [5.74, 6) is 0. The molecule has 0 bridgehead atoms. The van der Waals surface area contributed by atoms with Crippen molar-refractivity contribution in [2.24, 2.45) is 0 Å². The van der Waals surface area contributed by atoms with Gasteiger partial charge in [0.1, 0.15) is 0 Å². The van der Waals surface area contributed by atoms with E-state index < -0.39 is 0 Å². The third-order valence-corrected chi connectivity index (χ3v) is 3.64. The quantitative estimate of drug-likeness (QED) is 0.512. The molecule has 0 saturated heterocycles. The third-order valence-electron chi connectivity index (χ3n) is 2.41. The third kappa shape index (κ3) is 3.26. The lowest BCUT2D eigenvalue weighted by Crippen LogP contribution is -1.83. The van der Waals surface area contributed by atoms with Gasteiger partial charge in [0.2, 0.25) is 0 Å². The van der Waals surface area contributed by atoms with Crippen molar-refractivity contribution in [1.29, 1.82) is 0 Å². The topological polar surface area (TPSA) is 17.1 Å². The molecule has 1 nitrogen and oxygen atoms in total. The Labute approximate surface area is 90.2 Å². The smallest absolute Gasteiger partial charge is 0.160 e. The first-order chi connectivity index (χ1) is 6.77. The number of carbonyl (C=O) groups excluding carboxylic acids is 1. The van der Waals surface area contributed by atoms with Crippen molar-refractivity contribution in [3.05, 3.63) is 21.4 Å². The summed E-state index contributed by atoms with van der Waals surface area (Å²) in [7, 11) is 0. The Balaban J connectivity index is 2.41. The largest absolute Gasteiger partial charge is 0.297 e. The fourth-order valence-electron chi connectivity index (χ4n) is 1.56. The van der Waals surface area contributed by atoms with Gasteiger partial charge in [-0.2, -0.15) is 0 Å². The standard InChI is InChI=1S/C12H18OS/c1-3-4-5-6-7-12-10(2)8-11(9-13)14-12/h8-9H,3-7H2,1-2H3. The second-order valence-electron chi connectivity index (χ2n) is 3.68. The van der Waals surface area contributed by atoms with Gasteiger partial charge in [-0.05, 0) is 31.4 Å². The first-order valence-corrected chi connectivity index (χ1v) is 6.14. The van der Waals surface area contributed by atoms with Crippen LogP contribution in [0.25, 0.3) is 0 Å². The molecule has 1 heterocycles. The fraction of sp³-hybridized carbons (Fsp3) is 0.583. The Morgan fingerprint density at radius 1 is 1.36 bits per heavy atom. The molecule has 14 heavy (non-hydrogen) atoms. The van der Waals surface area contributed by atoms with Gasteiger partial charge in [-0.25, -0.2) is 0 Å². The van der Waals surface area contributed by atoms with Gasteiger partial charge in [-0.15, -0.1) is 11.3 Å². The van der Waals surface area contributed by atoms with E-state index in [-0.39, 0.29) is 0 Å². The van der Waals surface area contributed by atoms with E-state index in [2.05, 4.69) is 13.8 Å². The van der Waals surface area contributed by atoms with Gasteiger partial charge in [-0.3, -0.25) is 4.79 Å². The number of aryl methyl sites for hydroxylation is 2. The molecule has 1 rings (SSSR count). The Kier molecular flexibility index (Phi) is 4.88. The van der Waals surface area contributed by atoms with Crippen molar-refractivity contribution in [1.82, 2.24) is 0 Å². The molecule has 2 heteroatoms. The van der Waals surface area contributed by atoms with E-state index in [1.54, 1.807) is 11.3 Å². The van der Waals surface area contributed by atoms with Gasteiger partial charge in [0.15, 0.2) is 6.29 Å². The van der Waals surface area contributed by atoms with Crippen LogP contribution in [-0.2, 0) is 6.42 Å². The second kappa shape index (κ2) is 5.97. The molecule has 0 N–H and O–H groups in total. The van der Waals surface area contributed by atoms with Crippen LogP contribution >= 0.6 is 11.3 Å². The Morgan fingerprint density at radius 2 is 2.14 bits per heavy atom. The predicted octanol–water partition coefficient (Wildman–Crippen LogP) is 3.99.